The third-order valence-electron chi connectivity index (χ3n) is 5.20. The second-order valence-corrected chi connectivity index (χ2v) is 6.40. The Kier molecular flexibility index (Phi) is 4.55. The summed E-state index contributed by atoms with van der Waals surface area (Å²) in [7, 11) is 0. The van der Waals surface area contributed by atoms with Gasteiger partial charge in [-0.3, -0.25) is 4.90 Å². The Morgan fingerprint density at radius 1 is 0.889 bits per heavy atom. The Balaban J connectivity index is 1.34. The van der Waals surface area contributed by atoms with Gasteiger partial charge >= 0.3 is 0 Å². The summed E-state index contributed by atoms with van der Waals surface area (Å²) in [5, 5.41) is 3.61. The second kappa shape index (κ2) is 6.36. The second-order valence-electron chi connectivity index (χ2n) is 6.40. The highest BCUT2D eigenvalue weighted by molar-refractivity contribution is 4.83. The van der Waals surface area contributed by atoms with Crippen molar-refractivity contribution in [1.29, 1.82) is 0 Å². The number of piperazine rings is 1. The Morgan fingerprint density at radius 2 is 1.67 bits per heavy atom. The van der Waals surface area contributed by atoms with Crippen molar-refractivity contribution in [2.24, 2.45) is 0 Å². The normalized spacial score (nSPS) is 32.3. The molecule has 1 atom stereocenters. The molecule has 0 spiro atoms. The first-order valence-electron chi connectivity index (χ1n) is 8.11. The van der Waals surface area contributed by atoms with Crippen molar-refractivity contribution in [3.05, 3.63) is 0 Å². The maximum atomic E-state index is 3.61. The molecule has 0 aromatic rings. The topological polar surface area (TPSA) is 18.5 Å². The van der Waals surface area contributed by atoms with Crippen LogP contribution in [0.2, 0.25) is 0 Å². The Morgan fingerprint density at radius 3 is 2.33 bits per heavy atom. The summed E-state index contributed by atoms with van der Waals surface area (Å²) in [6.07, 6.45) is 10.0. The number of hydrogen-bond donors (Lipinski definition) is 1. The van der Waals surface area contributed by atoms with Crippen LogP contribution in [0.1, 0.15) is 44.9 Å². The fourth-order valence-corrected chi connectivity index (χ4v) is 3.96. The first kappa shape index (κ1) is 12.9. The van der Waals surface area contributed by atoms with Crippen LogP contribution >= 0.6 is 0 Å². The van der Waals surface area contributed by atoms with Crippen molar-refractivity contribution < 1.29 is 0 Å². The van der Waals surface area contributed by atoms with Crippen molar-refractivity contribution in [3.8, 4) is 0 Å². The SMILES string of the molecule is C1CNC(CCN2CCN(C3CCCC3)CC2)C1. The Labute approximate surface area is 112 Å². The predicted molar refractivity (Wildman–Crippen MR) is 75.9 cm³/mol. The molecule has 2 heterocycles. The summed E-state index contributed by atoms with van der Waals surface area (Å²) in [6.45, 7) is 7.83. The summed E-state index contributed by atoms with van der Waals surface area (Å²) in [5.74, 6) is 0. The van der Waals surface area contributed by atoms with E-state index in [2.05, 4.69) is 15.1 Å². The molecule has 1 unspecified atom stereocenters. The molecule has 3 nitrogen and oxygen atoms in total. The molecule has 1 aliphatic carbocycles. The molecule has 2 saturated heterocycles. The maximum Gasteiger partial charge on any atom is 0.0113 e. The highest BCUT2D eigenvalue weighted by Gasteiger charge is 2.26. The van der Waals surface area contributed by atoms with E-state index in [0.29, 0.717) is 0 Å². The van der Waals surface area contributed by atoms with Gasteiger partial charge in [-0.15, -0.1) is 0 Å². The fourth-order valence-electron chi connectivity index (χ4n) is 3.96. The zero-order chi connectivity index (χ0) is 12.2. The molecule has 3 fully saturated rings. The van der Waals surface area contributed by atoms with Crippen LogP contribution in [0.5, 0.6) is 0 Å². The molecule has 3 rings (SSSR count). The van der Waals surface area contributed by atoms with Crippen molar-refractivity contribution in [1.82, 2.24) is 15.1 Å². The van der Waals surface area contributed by atoms with Crippen LogP contribution in [0.3, 0.4) is 0 Å². The Bertz CT molecular complexity index is 236. The molecule has 3 heteroatoms. The lowest BCUT2D eigenvalue weighted by molar-refractivity contribution is 0.0956. The highest BCUT2D eigenvalue weighted by Crippen LogP contribution is 2.24. The van der Waals surface area contributed by atoms with Crippen LogP contribution in [0.25, 0.3) is 0 Å². The fraction of sp³-hybridized carbons (Fsp3) is 1.00. The Hall–Kier alpha value is -0.120. The number of rotatable bonds is 4. The minimum Gasteiger partial charge on any atom is -0.314 e. The molecule has 0 bridgehead atoms. The van der Waals surface area contributed by atoms with Crippen LogP contribution < -0.4 is 5.32 Å². The average molecular weight is 251 g/mol. The molecule has 0 radical (unpaired) electrons. The lowest BCUT2D eigenvalue weighted by Gasteiger charge is -2.38. The summed E-state index contributed by atoms with van der Waals surface area (Å²) < 4.78 is 0. The monoisotopic (exact) mass is 251 g/mol. The van der Waals surface area contributed by atoms with Crippen LogP contribution in [-0.2, 0) is 0 Å². The van der Waals surface area contributed by atoms with Gasteiger partial charge in [0.2, 0.25) is 0 Å². The number of nitrogens with one attached hydrogen (secondary N) is 1. The van der Waals surface area contributed by atoms with E-state index in [9.17, 15) is 0 Å². The lowest BCUT2D eigenvalue weighted by Crippen LogP contribution is -2.50. The number of hydrogen-bond acceptors (Lipinski definition) is 3. The van der Waals surface area contributed by atoms with Gasteiger partial charge in [0.25, 0.3) is 0 Å². The van der Waals surface area contributed by atoms with Gasteiger partial charge in [-0.25, -0.2) is 0 Å². The van der Waals surface area contributed by atoms with E-state index in [1.807, 2.05) is 0 Å². The van der Waals surface area contributed by atoms with Gasteiger partial charge in [0.15, 0.2) is 0 Å². The van der Waals surface area contributed by atoms with Crippen LogP contribution in [0.15, 0.2) is 0 Å². The summed E-state index contributed by atoms with van der Waals surface area (Å²) in [4.78, 5) is 5.45. The summed E-state index contributed by atoms with van der Waals surface area (Å²) in [6, 6.07) is 1.75. The van der Waals surface area contributed by atoms with E-state index in [0.717, 1.165) is 12.1 Å². The van der Waals surface area contributed by atoms with Gasteiger partial charge in [0, 0.05) is 38.3 Å². The van der Waals surface area contributed by atoms with Gasteiger partial charge in [-0.2, -0.15) is 0 Å². The molecule has 3 aliphatic rings. The first-order valence-corrected chi connectivity index (χ1v) is 8.11. The molecule has 104 valence electrons. The van der Waals surface area contributed by atoms with Crippen molar-refractivity contribution in [3.63, 3.8) is 0 Å². The lowest BCUT2D eigenvalue weighted by atomic mass is 10.1. The molecule has 0 aromatic carbocycles. The first-order chi connectivity index (χ1) is 8.92. The number of nitrogens with zero attached hydrogens (tertiary/aromatic N) is 2. The molecule has 2 aliphatic heterocycles. The smallest absolute Gasteiger partial charge is 0.0113 e. The van der Waals surface area contributed by atoms with Gasteiger partial charge in [-0.1, -0.05) is 12.8 Å². The van der Waals surface area contributed by atoms with Gasteiger partial charge < -0.3 is 10.2 Å². The largest absolute Gasteiger partial charge is 0.314 e. The summed E-state index contributed by atoms with van der Waals surface area (Å²) in [5.41, 5.74) is 0. The zero-order valence-electron chi connectivity index (χ0n) is 11.7. The third kappa shape index (κ3) is 3.25. The van der Waals surface area contributed by atoms with Crippen LogP contribution in [0, 0.1) is 0 Å². The predicted octanol–water partition coefficient (Wildman–Crippen LogP) is 1.69. The molecule has 0 aromatic heterocycles. The van der Waals surface area contributed by atoms with Gasteiger partial charge in [0.05, 0.1) is 0 Å². The third-order valence-corrected chi connectivity index (χ3v) is 5.20. The van der Waals surface area contributed by atoms with E-state index < -0.39 is 0 Å². The highest BCUT2D eigenvalue weighted by atomic mass is 15.3. The average Bonchev–Trinajstić information content (AvgIpc) is 3.10. The summed E-state index contributed by atoms with van der Waals surface area (Å²) >= 11 is 0. The van der Waals surface area contributed by atoms with Gasteiger partial charge in [0.1, 0.15) is 0 Å². The van der Waals surface area contributed by atoms with Crippen molar-refractivity contribution >= 4 is 0 Å². The quantitative estimate of drug-likeness (QED) is 0.820. The van der Waals surface area contributed by atoms with Gasteiger partial charge in [-0.05, 0) is 45.2 Å². The molecule has 1 saturated carbocycles. The van der Waals surface area contributed by atoms with E-state index in [-0.39, 0.29) is 0 Å². The van der Waals surface area contributed by atoms with Crippen molar-refractivity contribution in [2.45, 2.75) is 57.0 Å². The molecular weight excluding hydrogens is 222 g/mol. The van der Waals surface area contributed by atoms with Crippen LogP contribution in [0.4, 0.5) is 0 Å². The zero-order valence-corrected chi connectivity index (χ0v) is 11.7. The minimum absolute atomic E-state index is 0.817. The maximum absolute atomic E-state index is 3.61. The minimum atomic E-state index is 0.817. The molecule has 0 amide bonds. The molecule has 18 heavy (non-hydrogen) atoms. The molecular formula is C15H29N3. The molecule has 1 N–H and O–H groups in total. The van der Waals surface area contributed by atoms with Crippen molar-refractivity contribution in [2.75, 3.05) is 39.3 Å². The standard InChI is InChI=1S/C15H29N3/c1-2-6-15(5-1)18-12-10-17(11-13-18)9-7-14-4-3-8-16-14/h14-16H,1-13H2. The van der Waals surface area contributed by atoms with E-state index >= 15 is 0 Å². The van der Waals surface area contributed by atoms with E-state index in [1.54, 1.807) is 0 Å². The van der Waals surface area contributed by atoms with E-state index in [1.165, 1.54) is 84.2 Å². The van der Waals surface area contributed by atoms with Crippen LogP contribution in [-0.4, -0.2) is 61.2 Å². The van der Waals surface area contributed by atoms with E-state index in [4.69, 9.17) is 0 Å².